The van der Waals surface area contributed by atoms with Crippen LogP contribution in [-0.4, -0.2) is 68.3 Å². The molecule has 1 saturated heterocycles. The summed E-state index contributed by atoms with van der Waals surface area (Å²) in [5.41, 5.74) is 0.680. The first-order valence-corrected chi connectivity index (χ1v) is 9.04. The third-order valence-corrected chi connectivity index (χ3v) is 4.14. The Balaban J connectivity index is 1.87. The number of nitrogens with zero attached hydrogens (tertiary/aromatic N) is 3. The number of pyridine rings is 1. The molecular formula is C18H30N4O2. The number of hydrogen-bond donors (Lipinski definition) is 1. The van der Waals surface area contributed by atoms with Gasteiger partial charge in [0, 0.05) is 51.0 Å². The van der Waals surface area contributed by atoms with Crippen LogP contribution in [0.25, 0.3) is 0 Å². The first kappa shape index (κ1) is 18.7. The fourth-order valence-corrected chi connectivity index (χ4v) is 2.87. The minimum Gasteiger partial charge on any atom is -0.379 e. The van der Waals surface area contributed by atoms with E-state index in [1.165, 1.54) is 0 Å². The Morgan fingerprint density at radius 3 is 2.67 bits per heavy atom. The maximum absolute atomic E-state index is 12.4. The molecule has 0 spiro atoms. The van der Waals surface area contributed by atoms with Crippen LogP contribution in [0.2, 0.25) is 0 Å². The second kappa shape index (κ2) is 10.3. The number of nitrogens with one attached hydrogen (secondary N) is 1. The van der Waals surface area contributed by atoms with Gasteiger partial charge in [0.1, 0.15) is 5.82 Å². The van der Waals surface area contributed by atoms with E-state index < -0.39 is 0 Å². The van der Waals surface area contributed by atoms with Crippen LogP contribution in [0.5, 0.6) is 0 Å². The molecule has 1 aromatic rings. The van der Waals surface area contributed by atoms with Crippen molar-refractivity contribution in [2.45, 2.75) is 26.7 Å². The summed E-state index contributed by atoms with van der Waals surface area (Å²) in [6.45, 7) is 11.2. The van der Waals surface area contributed by atoms with Crippen molar-refractivity contribution in [1.29, 1.82) is 0 Å². The van der Waals surface area contributed by atoms with E-state index in [0.717, 1.165) is 64.6 Å². The molecule has 1 aromatic heterocycles. The number of morpholine rings is 1. The standard InChI is InChI=1S/C18H30N4O2/c1-3-8-22(9-4-2)17-15-16(5-6-19-17)18(23)20-7-10-21-11-13-24-14-12-21/h5-6,15H,3-4,7-14H2,1-2H3,(H,20,23). The van der Waals surface area contributed by atoms with E-state index in [-0.39, 0.29) is 5.91 Å². The molecule has 0 aromatic carbocycles. The zero-order valence-corrected chi connectivity index (χ0v) is 15.0. The maximum atomic E-state index is 12.4. The van der Waals surface area contributed by atoms with Gasteiger partial charge in [-0.05, 0) is 25.0 Å². The molecule has 2 rings (SSSR count). The van der Waals surface area contributed by atoms with Crippen LogP contribution in [0.3, 0.4) is 0 Å². The normalized spacial score (nSPS) is 15.2. The number of carbonyl (C=O) groups excluding carboxylic acids is 1. The second-order valence-electron chi connectivity index (χ2n) is 6.10. The number of carbonyl (C=O) groups is 1. The number of ether oxygens (including phenoxy) is 1. The minimum absolute atomic E-state index is 0.0279. The molecule has 134 valence electrons. The summed E-state index contributed by atoms with van der Waals surface area (Å²) in [4.78, 5) is 21.4. The van der Waals surface area contributed by atoms with Crippen LogP contribution in [0.15, 0.2) is 18.3 Å². The SMILES string of the molecule is CCCN(CCC)c1cc(C(=O)NCCN2CCOCC2)ccn1. The molecule has 2 heterocycles. The van der Waals surface area contributed by atoms with Crippen molar-refractivity contribution in [3.8, 4) is 0 Å². The number of hydrogen-bond acceptors (Lipinski definition) is 5. The highest BCUT2D eigenvalue weighted by Crippen LogP contribution is 2.13. The highest BCUT2D eigenvalue weighted by molar-refractivity contribution is 5.94. The van der Waals surface area contributed by atoms with Gasteiger partial charge in [-0.1, -0.05) is 13.8 Å². The van der Waals surface area contributed by atoms with Crippen LogP contribution < -0.4 is 10.2 Å². The molecule has 6 nitrogen and oxygen atoms in total. The van der Waals surface area contributed by atoms with Crippen LogP contribution in [0.4, 0.5) is 5.82 Å². The molecule has 0 bridgehead atoms. The van der Waals surface area contributed by atoms with Crippen molar-refractivity contribution in [3.05, 3.63) is 23.9 Å². The Hall–Kier alpha value is -1.66. The monoisotopic (exact) mass is 334 g/mol. The highest BCUT2D eigenvalue weighted by atomic mass is 16.5. The molecule has 1 N–H and O–H groups in total. The molecule has 24 heavy (non-hydrogen) atoms. The number of rotatable bonds is 9. The molecule has 1 fully saturated rings. The fourth-order valence-electron chi connectivity index (χ4n) is 2.87. The quantitative estimate of drug-likeness (QED) is 0.746. The van der Waals surface area contributed by atoms with E-state index in [2.05, 4.69) is 33.9 Å². The summed E-state index contributed by atoms with van der Waals surface area (Å²) in [7, 11) is 0. The van der Waals surface area contributed by atoms with Gasteiger partial charge in [0.2, 0.25) is 0 Å². The van der Waals surface area contributed by atoms with Crippen molar-refractivity contribution < 1.29 is 9.53 Å². The molecule has 1 aliphatic heterocycles. The molecule has 1 amide bonds. The van der Waals surface area contributed by atoms with Crippen LogP contribution in [0, 0.1) is 0 Å². The summed E-state index contributed by atoms with van der Waals surface area (Å²) in [5.74, 6) is 0.861. The number of amides is 1. The Morgan fingerprint density at radius 2 is 2.00 bits per heavy atom. The van der Waals surface area contributed by atoms with E-state index >= 15 is 0 Å². The topological polar surface area (TPSA) is 57.7 Å². The summed E-state index contributed by atoms with van der Waals surface area (Å²) in [5, 5.41) is 3.01. The van der Waals surface area contributed by atoms with Gasteiger partial charge in [-0.2, -0.15) is 0 Å². The Bertz CT molecular complexity index is 498. The fraction of sp³-hybridized carbons (Fsp3) is 0.667. The molecule has 6 heteroatoms. The summed E-state index contributed by atoms with van der Waals surface area (Å²) < 4.78 is 5.33. The summed E-state index contributed by atoms with van der Waals surface area (Å²) in [6, 6.07) is 3.68. The van der Waals surface area contributed by atoms with Crippen molar-refractivity contribution in [3.63, 3.8) is 0 Å². The minimum atomic E-state index is -0.0279. The van der Waals surface area contributed by atoms with Gasteiger partial charge in [-0.25, -0.2) is 4.98 Å². The predicted molar refractivity (Wildman–Crippen MR) is 96.6 cm³/mol. The number of anilines is 1. The second-order valence-corrected chi connectivity index (χ2v) is 6.10. The third kappa shape index (κ3) is 5.76. The van der Waals surface area contributed by atoms with Crippen LogP contribution in [0.1, 0.15) is 37.0 Å². The van der Waals surface area contributed by atoms with Gasteiger partial charge < -0.3 is 15.0 Å². The van der Waals surface area contributed by atoms with Gasteiger partial charge >= 0.3 is 0 Å². The molecule has 0 atom stereocenters. The van der Waals surface area contributed by atoms with Crippen molar-refractivity contribution in [1.82, 2.24) is 15.2 Å². The van der Waals surface area contributed by atoms with Crippen LogP contribution >= 0.6 is 0 Å². The third-order valence-electron chi connectivity index (χ3n) is 4.14. The molecule has 0 unspecified atom stereocenters. The lowest BCUT2D eigenvalue weighted by atomic mass is 10.2. The smallest absolute Gasteiger partial charge is 0.251 e. The zero-order valence-electron chi connectivity index (χ0n) is 15.0. The first-order valence-electron chi connectivity index (χ1n) is 9.04. The van der Waals surface area contributed by atoms with Gasteiger partial charge in [-0.3, -0.25) is 9.69 Å². The number of aromatic nitrogens is 1. The van der Waals surface area contributed by atoms with E-state index in [1.807, 2.05) is 6.07 Å². The lowest BCUT2D eigenvalue weighted by Crippen LogP contribution is -2.41. The lowest BCUT2D eigenvalue weighted by Gasteiger charge is -2.26. The van der Waals surface area contributed by atoms with Crippen LogP contribution in [-0.2, 0) is 4.74 Å². The zero-order chi connectivity index (χ0) is 17.2. The van der Waals surface area contributed by atoms with Gasteiger partial charge in [-0.15, -0.1) is 0 Å². The lowest BCUT2D eigenvalue weighted by molar-refractivity contribution is 0.0383. The Morgan fingerprint density at radius 1 is 1.29 bits per heavy atom. The van der Waals surface area contributed by atoms with Gasteiger partial charge in [0.15, 0.2) is 0 Å². The molecule has 1 aliphatic rings. The predicted octanol–water partition coefficient (Wildman–Crippen LogP) is 1.77. The molecule has 0 saturated carbocycles. The first-order chi connectivity index (χ1) is 11.7. The summed E-state index contributed by atoms with van der Waals surface area (Å²) in [6.07, 6.45) is 3.86. The molecule has 0 radical (unpaired) electrons. The van der Waals surface area contributed by atoms with Crippen molar-refractivity contribution >= 4 is 11.7 Å². The molecular weight excluding hydrogens is 304 g/mol. The average Bonchev–Trinajstić information content (AvgIpc) is 2.62. The van der Waals surface area contributed by atoms with Crippen molar-refractivity contribution in [2.24, 2.45) is 0 Å². The van der Waals surface area contributed by atoms with E-state index in [0.29, 0.717) is 12.1 Å². The van der Waals surface area contributed by atoms with Gasteiger partial charge in [0.05, 0.1) is 13.2 Å². The van der Waals surface area contributed by atoms with E-state index in [4.69, 9.17) is 4.74 Å². The van der Waals surface area contributed by atoms with Crippen molar-refractivity contribution in [2.75, 3.05) is 57.4 Å². The maximum Gasteiger partial charge on any atom is 0.251 e. The highest BCUT2D eigenvalue weighted by Gasteiger charge is 2.13. The average molecular weight is 334 g/mol. The Kier molecular flexibility index (Phi) is 7.98. The Labute approximate surface area is 145 Å². The molecule has 0 aliphatic carbocycles. The largest absolute Gasteiger partial charge is 0.379 e. The summed E-state index contributed by atoms with van der Waals surface area (Å²) >= 11 is 0. The van der Waals surface area contributed by atoms with Gasteiger partial charge in [0.25, 0.3) is 5.91 Å². The van der Waals surface area contributed by atoms with E-state index in [9.17, 15) is 4.79 Å². The van der Waals surface area contributed by atoms with E-state index in [1.54, 1.807) is 12.3 Å².